The Labute approximate surface area is 165 Å². The van der Waals surface area contributed by atoms with Crippen molar-refractivity contribution in [2.24, 2.45) is 52.3 Å². The van der Waals surface area contributed by atoms with Gasteiger partial charge in [0.25, 0.3) is 0 Å². The van der Waals surface area contributed by atoms with E-state index < -0.39 is 11.8 Å². The van der Waals surface area contributed by atoms with Gasteiger partial charge in [0.15, 0.2) is 5.78 Å². The molecule has 4 heteroatoms. The van der Waals surface area contributed by atoms with Gasteiger partial charge in [0.05, 0.1) is 0 Å². The number of fused-ring (bicyclic) bond motifs is 12. The van der Waals surface area contributed by atoms with Gasteiger partial charge in [-0.1, -0.05) is 19.4 Å². The molecular formula is C24H29FO3. The number of carbonyl (C=O) groups is 2. The molecule has 0 aromatic rings. The lowest BCUT2D eigenvalue weighted by Crippen LogP contribution is -2.61. The van der Waals surface area contributed by atoms with Crippen molar-refractivity contribution in [1.29, 1.82) is 0 Å². The maximum absolute atomic E-state index is 16.1. The van der Waals surface area contributed by atoms with Gasteiger partial charge in [0.2, 0.25) is 0 Å². The minimum absolute atomic E-state index is 0.0437. The van der Waals surface area contributed by atoms with Crippen molar-refractivity contribution in [1.82, 2.24) is 0 Å². The summed E-state index contributed by atoms with van der Waals surface area (Å²) in [5.41, 5.74) is 0.540. The molecule has 1 spiro atoms. The number of ketones is 1. The van der Waals surface area contributed by atoms with E-state index in [1.165, 1.54) is 12.0 Å². The van der Waals surface area contributed by atoms with Gasteiger partial charge in [0, 0.05) is 30.1 Å². The molecule has 1 heterocycles. The highest BCUT2D eigenvalue weighted by Gasteiger charge is 2.82. The predicted octanol–water partition coefficient (Wildman–Crippen LogP) is 4.25. The summed E-state index contributed by atoms with van der Waals surface area (Å²) in [6.45, 7) is 4.53. The zero-order chi connectivity index (χ0) is 19.2. The second-order valence-electron chi connectivity index (χ2n) is 11.6. The summed E-state index contributed by atoms with van der Waals surface area (Å²) in [7, 11) is 0. The van der Waals surface area contributed by atoms with Gasteiger partial charge in [-0.15, -0.1) is 0 Å². The highest BCUT2D eigenvalue weighted by molar-refractivity contribution is 5.92. The molecule has 150 valence electrons. The topological polar surface area (TPSA) is 43.4 Å². The van der Waals surface area contributed by atoms with Gasteiger partial charge < -0.3 is 4.74 Å². The standard InChI is InChI=1S/C24H29FO3/c1-22-5-3-11(26)7-15(22)12-8-13(12)19-20-14-9-16(14)24(6-4-18(27)28-24)23(20,2)10-17(25)21(19)22/h7,12-14,16-17,19-21H,3-6,8-10H2,1-2H3/t12?,13?,14?,16-,17?,19?,20?,21?,22-,23-,24-/m0/s1. The first-order valence-corrected chi connectivity index (χ1v) is 11.4. The Morgan fingerprint density at radius 1 is 1.07 bits per heavy atom. The summed E-state index contributed by atoms with van der Waals surface area (Å²) in [4.78, 5) is 24.3. The van der Waals surface area contributed by atoms with Crippen LogP contribution in [0.1, 0.15) is 58.8 Å². The molecule has 7 rings (SSSR count). The van der Waals surface area contributed by atoms with Gasteiger partial charge in [-0.3, -0.25) is 9.59 Å². The number of carbonyl (C=O) groups excluding carboxylic acids is 2. The molecule has 7 aliphatic rings. The molecule has 0 aromatic carbocycles. The van der Waals surface area contributed by atoms with Gasteiger partial charge in [-0.2, -0.15) is 0 Å². The first-order valence-electron chi connectivity index (χ1n) is 11.4. The fourth-order valence-corrected chi connectivity index (χ4v) is 9.78. The van der Waals surface area contributed by atoms with Gasteiger partial charge in [0.1, 0.15) is 11.8 Å². The van der Waals surface area contributed by atoms with Gasteiger partial charge in [-0.05, 0) is 73.2 Å². The maximum Gasteiger partial charge on any atom is 0.306 e. The quantitative estimate of drug-likeness (QED) is 0.586. The van der Waals surface area contributed by atoms with Crippen molar-refractivity contribution >= 4 is 11.8 Å². The van der Waals surface area contributed by atoms with Crippen LogP contribution in [0.25, 0.3) is 0 Å². The van der Waals surface area contributed by atoms with Gasteiger partial charge >= 0.3 is 5.97 Å². The largest absolute Gasteiger partial charge is 0.458 e. The number of rotatable bonds is 0. The fourth-order valence-electron chi connectivity index (χ4n) is 9.78. The van der Waals surface area contributed by atoms with Crippen molar-refractivity contribution in [2.45, 2.75) is 70.6 Å². The summed E-state index contributed by atoms with van der Waals surface area (Å²) in [5.74, 6) is 3.26. The first-order chi connectivity index (χ1) is 13.3. The average molecular weight is 384 g/mol. The lowest BCUT2D eigenvalue weighted by atomic mass is 9.44. The van der Waals surface area contributed by atoms with Crippen LogP contribution in [0.15, 0.2) is 11.6 Å². The van der Waals surface area contributed by atoms with E-state index in [2.05, 4.69) is 13.8 Å². The van der Waals surface area contributed by atoms with Crippen LogP contribution in [0, 0.1) is 52.3 Å². The molecule has 0 bridgehead atoms. The highest BCUT2D eigenvalue weighted by atomic mass is 19.1. The third kappa shape index (κ3) is 1.60. The Bertz CT molecular complexity index is 864. The Kier molecular flexibility index (Phi) is 2.72. The first kappa shape index (κ1) is 16.6. The Hall–Kier alpha value is -1.19. The molecule has 1 aliphatic heterocycles. The molecule has 7 unspecified atom stereocenters. The molecule has 0 N–H and O–H groups in total. The minimum Gasteiger partial charge on any atom is -0.458 e. The minimum atomic E-state index is -0.858. The molecule has 1 saturated heterocycles. The van der Waals surface area contributed by atoms with Crippen LogP contribution in [0.5, 0.6) is 0 Å². The molecule has 11 atom stereocenters. The van der Waals surface area contributed by atoms with Crippen LogP contribution in [-0.2, 0) is 14.3 Å². The summed E-state index contributed by atoms with van der Waals surface area (Å²) in [5, 5.41) is 0. The number of alkyl halides is 1. The van der Waals surface area contributed by atoms with E-state index in [1.807, 2.05) is 6.08 Å². The fraction of sp³-hybridized carbons (Fsp3) is 0.833. The Morgan fingerprint density at radius 3 is 2.64 bits per heavy atom. The summed E-state index contributed by atoms with van der Waals surface area (Å²) < 4.78 is 22.2. The van der Waals surface area contributed by atoms with Crippen LogP contribution in [0.2, 0.25) is 0 Å². The van der Waals surface area contributed by atoms with Crippen LogP contribution in [-0.4, -0.2) is 23.5 Å². The number of esters is 1. The lowest BCUT2D eigenvalue weighted by molar-refractivity contribution is -0.188. The molecule has 28 heavy (non-hydrogen) atoms. The van der Waals surface area contributed by atoms with Crippen LogP contribution >= 0.6 is 0 Å². The molecule has 5 saturated carbocycles. The van der Waals surface area contributed by atoms with E-state index >= 15 is 4.39 Å². The van der Waals surface area contributed by atoms with Crippen molar-refractivity contribution in [2.75, 3.05) is 0 Å². The van der Waals surface area contributed by atoms with E-state index in [0.29, 0.717) is 54.8 Å². The third-order valence-corrected chi connectivity index (χ3v) is 10.8. The average Bonchev–Trinajstić information content (AvgIpc) is 3.53. The summed E-state index contributed by atoms with van der Waals surface area (Å²) in [6, 6.07) is 0. The van der Waals surface area contributed by atoms with Crippen LogP contribution in [0.4, 0.5) is 4.39 Å². The molecule has 0 radical (unpaired) electrons. The summed E-state index contributed by atoms with van der Waals surface area (Å²) >= 11 is 0. The monoisotopic (exact) mass is 384 g/mol. The van der Waals surface area contributed by atoms with Crippen molar-refractivity contribution < 1.29 is 18.7 Å². The Morgan fingerprint density at radius 2 is 1.89 bits per heavy atom. The molecule has 6 fully saturated rings. The van der Waals surface area contributed by atoms with Gasteiger partial charge in [-0.25, -0.2) is 4.39 Å². The van der Waals surface area contributed by atoms with Crippen LogP contribution < -0.4 is 0 Å². The number of hydrogen-bond donors (Lipinski definition) is 0. The van der Waals surface area contributed by atoms with E-state index in [-0.39, 0.29) is 28.5 Å². The molecule has 0 aromatic heterocycles. The predicted molar refractivity (Wildman–Crippen MR) is 99.8 cm³/mol. The van der Waals surface area contributed by atoms with E-state index in [9.17, 15) is 9.59 Å². The van der Waals surface area contributed by atoms with Crippen LogP contribution in [0.3, 0.4) is 0 Å². The van der Waals surface area contributed by atoms with E-state index in [1.54, 1.807) is 0 Å². The Balaban J connectivity index is 1.36. The molecule has 3 nitrogen and oxygen atoms in total. The molecular weight excluding hydrogens is 355 g/mol. The molecule has 6 aliphatic carbocycles. The zero-order valence-corrected chi connectivity index (χ0v) is 16.7. The SMILES string of the molecule is C[C@]12CCC(=O)C=C1C1CC1C1C2C(F)C[C@@]2(C)C1C1C[C@@H]1[C@@]21CCC(=O)O1. The number of hydrogen-bond acceptors (Lipinski definition) is 3. The maximum atomic E-state index is 16.1. The number of ether oxygens (including phenoxy) is 1. The second kappa shape index (κ2) is 4.59. The number of allylic oxidation sites excluding steroid dienone is 1. The van der Waals surface area contributed by atoms with E-state index in [0.717, 1.165) is 19.3 Å². The second-order valence-corrected chi connectivity index (χ2v) is 11.6. The van der Waals surface area contributed by atoms with Crippen molar-refractivity contribution in [3.8, 4) is 0 Å². The number of halogens is 1. The summed E-state index contributed by atoms with van der Waals surface area (Å²) in [6.07, 6.45) is 6.59. The molecule has 0 amide bonds. The highest BCUT2D eigenvalue weighted by Crippen LogP contribution is 2.82. The van der Waals surface area contributed by atoms with Crippen molar-refractivity contribution in [3.63, 3.8) is 0 Å². The van der Waals surface area contributed by atoms with Crippen molar-refractivity contribution in [3.05, 3.63) is 11.6 Å². The third-order valence-electron chi connectivity index (χ3n) is 10.8. The van der Waals surface area contributed by atoms with E-state index in [4.69, 9.17) is 4.74 Å². The normalized spacial score (nSPS) is 62.9. The lowest BCUT2D eigenvalue weighted by Gasteiger charge is -2.61. The smallest absolute Gasteiger partial charge is 0.306 e. The zero-order valence-electron chi connectivity index (χ0n) is 16.7.